The number of rotatable bonds is 4. The molecule has 2 N–H and O–H groups in total. The maximum Gasteiger partial charge on any atom is 0.326 e. The first-order valence-electron chi connectivity index (χ1n) is 9.73. The predicted octanol–water partition coefficient (Wildman–Crippen LogP) is 1.88. The van der Waals surface area contributed by atoms with Crippen molar-refractivity contribution in [2.45, 2.75) is 66.0 Å². The molecular weight excluding hydrogens is 332 g/mol. The molecule has 6 nitrogen and oxygen atoms in total. The van der Waals surface area contributed by atoms with Gasteiger partial charge in [0.25, 0.3) is 0 Å². The van der Waals surface area contributed by atoms with Gasteiger partial charge in [0.1, 0.15) is 12.1 Å². The molecule has 144 valence electrons. The van der Waals surface area contributed by atoms with Gasteiger partial charge in [0, 0.05) is 17.9 Å². The molecule has 1 saturated heterocycles. The molecule has 1 aliphatic heterocycles. The summed E-state index contributed by atoms with van der Waals surface area (Å²) < 4.78 is 0. The van der Waals surface area contributed by atoms with Crippen LogP contribution in [0.1, 0.15) is 53.9 Å². The summed E-state index contributed by atoms with van der Waals surface area (Å²) >= 11 is 0. The minimum atomic E-state index is -0.935. The van der Waals surface area contributed by atoms with E-state index in [4.69, 9.17) is 0 Å². The second-order valence-corrected chi connectivity index (χ2v) is 10.8. The number of hydrogen-bond donors (Lipinski definition) is 2. The molecule has 0 aromatic carbocycles. The first-order valence-corrected chi connectivity index (χ1v) is 9.73. The van der Waals surface area contributed by atoms with Gasteiger partial charge in [-0.05, 0) is 41.9 Å². The minimum Gasteiger partial charge on any atom is -0.480 e. The van der Waals surface area contributed by atoms with E-state index < -0.39 is 23.5 Å². The highest BCUT2D eigenvalue weighted by molar-refractivity contribution is 5.94. The molecule has 4 saturated carbocycles. The van der Waals surface area contributed by atoms with Gasteiger partial charge < -0.3 is 15.3 Å². The molecule has 2 bridgehead atoms. The summed E-state index contributed by atoms with van der Waals surface area (Å²) in [6, 6.07) is -1.47. The Balaban J connectivity index is 1.53. The summed E-state index contributed by atoms with van der Waals surface area (Å²) in [6.07, 6.45) is 2.80. The lowest BCUT2D eigenvalue weighted by molar-refractivity contribution is -0.168. The molecule has 5 fully saturated rings. The summed E-state index contributed by atoms with van der Waals surface area (Å²) in [4.78, 5) is 39.5. The molecule has 5 aliphatic rings. The summed E-state index contributed by atoms with van der Waals surface area (Å²) in [5, 5.41) is 12.7. The zero-order valence-electron chi connectivity index (χ0n) is 16.3. The molecule has 0 spiro atoms. The largest absolute Gasteiger partial charge is 0.480 e. The maximum atomic E-state index is 13.3. The molecule has 6 heteroatoms. The van der Waals surface area contributed by atoms with E-state index in [0.717, 1.165) is 19.3 Å². The topological polar surface area (TPSA) is 86.7 Å². The van der Waals surface area contributed by atoms with Gasteiger partial charge in [0.2, 0.25) is 11.8 Å². The van der Waals surface area contributed by atoms with Crippen molar-refractivity contribution >= 4 is 17.8 Å². The van der Waals surface area contributed by atoms with Crippen LogP contribution in [-0.2, 0) is 14.4 Å². The van der Waals surface area contributed by atoms with Gasteiger partial charge in [0.05, 0.1) is 0 Å². The highest BCUT2D eigenvalue weighted by Gasteiger charge is 2.70. The number of hydrogen-bond acceptors (Lipinski definition) is 3. The Hall–Kier alpha value is -1.59. The van der Waals surface area contributed by atoms with E-state index in [2.05, 4.69) is 19.2 Å². The Labute approximate surface area is 154 Å². The van der Waals surface area contributed by atoms with Crippen molar-refractivity contribution in [1.82, 2.24) is 10.2 Å². The molecular formula is C20H30N2O4. The third-order valence-corrected chi connectivity index (χ3v) is 7.65. The van der Waals surface area contributed by atoms with Gasteiger partial charge in [-0.15, -0.1) is 0 Å². The Bertz CT molecular complexity index is 675. The zero-order chi connectivity index (χ0) is 19.2. The Morgan fingerprint density at radius 2 is 1.73 bits per heavy atom. The fourth-order valence-electron chi connectivity index (χ4n) is 5.65. The summed E-state index contributed by atoms with van der Waals surface area (Å²) in [6.45, 7) is 10.4. The normalized spacial score (nSPS) is 40.0. The van der Waals surface area contributed by atoms with Crippen molar-refractivity contribution in [3.05, 3.63) is 0 Å². The molecule has 5 rings (SSSR count). The van der Waals surface area contributed by atoms with E-state index in [0.29, 0.717) is 12.5 Å². The quantitative estimate of drug-likeness (QED) is 0.799. The molecule has 4 aliphatic carbocycles. The van der Waals surface area contributed by atoms with Gasteiger partial charge >= 0.3 is 5.97 Å². The van der Waals surface area contributed by atoms with Crippen molar-refractivity contribution < 1.29 is 19.5 Å². The van der Waals surface area contributed by atoms with Crippen LogP contribution in [-0.4, -0.2) is 46.4 Å². The SMILES string of the molecule is CC(C)(C)[C@H](NC(=O)C12CC(C1)C2)C(=O)N1C[C@H]2[C@@H]([C@H]1C(=O)O)C2(C)C. The number of likely N-dealkylation sites (tertiary alicyclic amines) is 1. The monoisotopic (exact) mass is 362 g/mol. The molecule has 0 unspecified atom stereocenters. The van der Waals surface area contributed by atoms with Crippen LogP contribution in [0.15, 0.2) is 0 Å². The highest BCUT2D eigenvalue weighted by atomic mass is 16.4. The molecule has 2 amide bonds. The van der Waals surface area contributed by atoms with Crippen LogP contribution in [0.5, 0.6) is 0 Å². The van der Waals surface area contributed by atoms with Crippen LogP contribution in [0, 0.1) is 34.0 Å². The number of carbonyl (C=O) groups excluding carboxylic acids is 2. The van der Waals surface area contributed by atoms with Gasteiger partial charge in [0.15, 0.2) is 0 Å². The van der Waals surface area contributed by atoms with Crippen molar-refractivity contribution in [1.29, 1.82) is 0 Å². The van der Waals surface area contributed by atoms with Crippen LogP contribution in [0.2, 0.25) is 0 Å². The number of carboxylic acid groups (broad SMARTS) is 1. The third-order valence-electron chi connectivity index (χ3n) is 7.65. The standard InChI is InChI=1S/C20H30N2O4/c1-18(2,3)14(21-17(26)20-6-10(7-20)8-20)15(23)22-9-11-12(19(11,4)5)13(22)16(24)25/h10-14H,6-9H2,1-5H3,(H,21,26)(H,24,25)/t10?,11-,12-,13-,14+,20?/m0/s1. The van der Waals surface area contributed by atoms with Crippen molar-refractivity contribution in [3.8, 4) is 0 Å². The average molecular weight is 362 g/mol. The fourth-order valence-corrected chi connectivity index (χ4v) is 5.65. The number of carboxylic acids is 1. The van der Waals surface area contributed by atoms with Crippen LogP contribution in [0.4, 0.5) is 0 Å². The van der Waals surface area contributed by atoms with E-state index in [1.165, 1.54) is 4.90 Å². The molecule has 1 heterocycles. The number of piperidine rings is 1. The lowest BCUT2D eigenvalue weighted by Gasteiger charge is -2.60. The van der Waals surface area contributed by atoms with E-state index in [9.17, 15) is 19.5 Å². The van der Waals surface area contributed by atoms with Gasteiger partial charge in [-0.2, -0.15) is 0 Å². The van der Waals surface area contributed by atoms with E-state index in [1.807, 2.05) is 20.8 Å². The summed E-state index contributed by atoms with van der Waals surface area (Å²) in [5.74, 6) is -0.263. The molecule has 0 radical (unpaired) electrons. The van der Waals surface area contributed by atoms with Gasteiger partial charge in [-0.1, -0.05) is 34.6 Å². The number of amides is 2. The summed E-state index contributed by atoms with van der Waals surface area (Å²) in [7, 11) is 0. The Kier molecular flexibility index (Phi) is 3.44. The van der Waals surface area contributed by atoms with E-state index in [-0.39, 0.29) is 34.5 Å². The van der Waals surface area contributed by atoms with Crippen LogP contribution in [0.25, 0.3) is 0 Å². The Morgan fingerprint density at radius 1 is 1.15 bits per heavy atom. The van der Waals surface area contributed by atoms with Crippen molar-refractivity contribution in [3.63, 3.8) is 0 Å². The van der Waals surface area contributed by atoms with Gasteiger partial charge in [-0.3, -0.25) is 9.59 Å². The van der Waals surface area contributed by atoms with Crippen molar-refractivity contribution in [2.24, 2.45) is 34.0 Å². The lowest BCUT2D eigenvalue weighted by atomic mass is 9.44. The summed E-state index contributed by atoms with van der Waals surface area (Å²) in [5.41, 5.74) is -0.746. The van der Waals surface area contributed by atoms with E-state index in [1.54, 1.807) is 0 Å². The van der Waals surface area contributed by atoms with Crippen LogP contribution >= 0.6 is 0 Å². The smallest absolute Gasteiger partial charge is 0.326 e. The van der Waals surface area contributed by atoms with E-state index >= 15 is 0 Å². The average Bonchev–Trinajstić information content (AvgIpc) is 2.80. The van der Waals surface area contributed by atoms with Crippen LogP contribution in [0.3, 0.4) is 0 Å². The number of nitrogens with one attached hydrogen (secondary N) is 1. The molecule has 26 heavy (non-hydrogen) atoms. The number of carbonyl (C=O) groups is 3. The highest BCUT2D eigenvalue weighted by Crippen LogP contribution is 2.65. The third kappa shape index (κ3) is 2.26. The molecule has 0 aromatic rings. The second kappa shape index (κ2) is 5.02. The number of aliphatic carboxylic acids is 1. The first kappa shape index (κ1) is 17.8. The number of fused-ring (bicyclic) bond motifs is 1. The fraction of sp³-hybridized carbons (Fsp3) is 0.850. The Morgan fingerprint density at radius 3 is 2.15 bits per heavy atom. The first-order chi connectivity index (χ1) is 11.9. The lowest BCUT2D eigenvalue weighted by Crippen LogP contribution is -2.65. The van der Waals surface area contributed by atoms with Crippen molar-refractivity contribution in [2.75, 3.05) is 6.54 Å². The predicted molar refractivity (Wildman–Crippen MR) is 95.1 cm³/mol. The minimum absolute atomic E-state index is 0.0119. The second-order valence-electron chi connectivity index (χ2n) is 10.8. The maximum absolute atomic E-state index is 13.3. The van der Waals surface area contributed by atoms with Crippen LogP contribution < -0.4 is 5.32 Å². The molecule has 4 atom stereocenters. The zero-order valence-corrected chi connectivity index (χ0v) is 16.3. The number of nitrogens with zero attached hydrogens (tertiary/aromatic N) is 1. The molecule has 0 aromatic heterocycles. The van der Waals surface area contributed by atoms with Gasteiger partial charge in [-0.25, -0.2) is 4.79 Å².